The molecule has 0 saturated carbocycles. The van der Waals surface area contributed by atoms with Crippen LogP contribution in [-0.2, 0) is 13.6 Å². The molecule has 180 valence electrons. The minimum Gasteiger partial charge on any atom is -0.354 e. The molecule has 0 amide bonds. The highest BCUT2D eigenvalue weighted by atomic mass is 19.1. The van der Waals surface area contributed by atoms with Gasteiger partial charge < -0.3 is 4.90 Å². The third kappa shape index (κ3) is 4.55. The Hall–Kier alpha value is -4.17. The number of hydrogen-bond donors (Lipinski definition) is 0. The number of nitrogens with zero attached hydrogens (tertiary/aromatic N) is 7. The minimum absolute atomic E-state index is 0.181. The first-order chi connectivity index (χ1) is 17.6. The highest BCUT2D eigenvalue weighted by Gasteiger charge is 2.19. The molecule has 1 saturated heterocycles. The first kappa shape index (κ1) is 22.3. The molecule has 8 heteroatoms. The second kappa shape index (κ2) is 9.47. The lowest BCUT2D eigenvalue weighted by Crippen LogP contribution is -2.46. The summed E-state index contributed by atoms with van der Waals surface area (Å²) < 4.78 is 15.3. The quantitative estimate of drug-likeness (QED) is 0.369. The van der Waals surface area contributed by atoms with E-state index in [9.17, 15) is 4.39 Å². The third-order valence-electron chi connectivity index (χ3n) is 6.61. The van der Waals surface area contributed by atoms with Crippen LogP contribution in [0, 0.1) is 5.82 Å². The SMILES string of the molecule is Cn1cc(-c2cc3ncccc3c(-c3ccc(N4CCN(Cc5cccc(F)c5)CC4)nc3)n2)cn1. The lowest BCUT2D eigenvalue weighted by Gasteiger charge is -2.35. The molecule has 0 radical (unpaired) electrons. The normalized spacial score (nSPS) is 14.4. The van der Waals surface area contributed by atoms with Crippen molar-refractivity contribution in [2.24, 2.45) is 7.05 Å². The summed E-state index contributed by atoms with van der Waals surface area (Å²) in [5.41, 5.74) is 5.49. The van der Waals surface area contributed by atoms with Gasteiger partial charge in [-0.25, -0.2) is 14.4 Å². The summed E-state index contributed by atoms with van der Waals surface area (Å²) in [7, 11) is 1.90. The molecule has 0 unspecified atom stereocenters. The van der Waals surface area contributed by atoms with Gasteiger partial charge >= 0.3 is 0 Å². The van der Waals surface area contributed by atoms with Crippen molar-refractivity contribution in [3.05, 3.63) is 90.8 Å². The van der Waals surface area contributed by atoms with Crippen LogP contribution in [0.5, 0.6) is 0 Å². The lowest BCUT2D eigenvalue weighted by molar-refractivity contribution is 0.249. The zero-order valence-electron chi connectivity index (χ0n) is 20.0. The van der Waals surface area contributed by atoms with Crippen molar-refractivity contribution >= 4 is 16.7 Å². The van der Waals surface area contributed by atoms with E-state index in [-0.39, 0.29) is 5.82 Å². The molecule has 36 heavy (non-hydrogen) atoms. The van der Waals surface area contributed by atoms with E-state index in [1.54, 1.807) is 23.0 Å². The number of piperazine rings is 1. The Morgan fingerprint density at radius 1 is 0.889 bits per heavy atom. The Morgan fingerprint density at radius 3 is 2.53 bits per heavy atom. The highest BCUT2D eigenvalue weighted by Crippen LogP contribution is 2.30. The van der Waals surface area contributed by atoms with Crippen molar-refractivity contribution in [3.8, 4) is 22.5 Å². The maximum atomic E-state index is 13.5. The van der Waals surface area contributed by atoms with Gasteiger partial charge in [0.25, 0.3) is 0 Å². The van der Waals surface area contributed by atoms with Crippen LogP contribution in [0.4, 0.5) is 10.2 Å². The number of halogens is 1. The van der Waals surface area contributed by atoms with Gasteiger partial charge in [0.05, 0.1) is 23.1 Å². The second-order valence-corrected chi connectivity index (χ2v) is 9.13. The Labute approximate surface area is 208 Å². The number of hydrogen-bond acceptors (Lipinski definition) is 6. The average Bonchev–Trinajstić information content (AvgIpc) is 3.35. The van der Waals surface area contributed by atoms with Crippen molar-refractivity contribution < 1.29 is 4.39 Å². The minimum atomic E-state index is -0.181. The molecule has 1 fully saturated rings. The number of benzene rings is 1. The number of aromatic nitrogens is 5. The number of pyridine rings is 3. The maximum absolute atomic E-state index is 13.5. The maximum Gasteiger partial charge on any atom is 0.128 e. The van der Waals surface area contributed by atoms with Crippen molar-refractivity contribution in [3.63, 3.8) is 0 Å². The summed E-state index contributed by atoms with van der Waals surface area (Å²) in [5, 5.41) is 5.28. The van der Waals surface area contributed by atoms with E-state index in [0.717, 1.165) is 77.5 Å². The average molecular weight is 480 g/mol. The summed E-state index contributed by atoms with van der Waals surface area (Å²) in [5.74, 6) is 0.773. The van der Waals surface area contributed by atoms with Gasteiger partial charge in [-0.15, -0.1) is 0 Å². The smallest absolute Gasteiger partial charge is 0.128 e. The van der Waals surface area contributed by atoms with Crippen molar-refractivity contribution in [2.75, 3.05) is 31.1 Å². The molecule has 7 nitrogen and oxygen atoms in total. The van der Waals surface area contributed by atoms with Crippen LogP contribution in [0.15, 0.2) is 79.4 Å². The fraction of sp³-hybridized carbons (Fsp3) is 0.214. The Bertz CT molecular complexity index is 1500. The highest BCUT2D eigenvalue weighted by molar-refractivity contribution is 5.94. The van der Waals surface area contributed by atoms with Crippen molar-refractivity contribution in [1.82, 2.24) is 29.6 Å². The molecule has 0 aliphatic carbocycles. The molecule has 1 aliphatic rings. The van der Waals surface area contributed by atoms with Gasteiger partial charge in [-0.1, -0.05) is 12.1 Å². The van der Waals surface area contributed by atoms with E-state index in [0.29, 0.717) is 0 Å². The monoisotopic (exact) mass is 479 g/mol. The van der Waals surface area contributed by atoms with E-state index in [1.165, 1.54) is 6.07 Å². The van der Waals surface area contributed by atoms with Crippen LogP contribution in [0.2, 0.25) is 0 Å². The molecule has 6 rings (SSSR count). The van der Waals surface area contributed by atoms with Crippen LogP contribution in [0.3, 0.4) is 0 Å². The largest absolute Gasteiger partial charge is 0.354 e. The third-order valence-corrected chi connectivity index (χ3v) is 6.61. The summed E-state index contributed by atoms with van der Waals surface area (Å²) in [6.45, 7) is 4.33. The molecule has 5 aromatic rings. The molecule has 0 spiro atoms. The van der Waals surface area contributed by atoms with E-state index in [2.05, 4.69) is 32.0 Å². The molecule has 0 atom stereocenters. The van der Waals surface area contributed by atoms with E-state index in [4.69, 9.17) is 9.97 Å². The van der Waals surface area contributed by atoms with Gasteiger partial charge in [0.2, 0.25) is 0 Å². The molecule has 5 heterocycles. The van der Waals surface area contributed by atoms with E-state index in [1.807, 2.05) is 49.9 Å². The van der Waals surface area contributed by atoms with Crippen LogP contribution in [-0.4, -0.2) is 55.8 Å². The van der Waals surface area contributed by atoms with Crippen LogP contribution < -0.4 is 4.90 Å². The number of anilines is 1. The lowest BCUT2D eigenvalue weighted by atomic mass is 10.1. The molecule has 1 aromatic carbocycles. The molecular formula is C28H26FN7. The molecule has 0 bridgehead atoms. The van der Waals surface area contributed by atoms with Crippen LogP contribution in [0.25, 0.3) is 33.4 Å². The molecule has 0 N–H and O–H groups in total. The fourth-order valence-corrected chi connectivity index (χ4v) is 4.74. The molecule has 4 aromatic heterocycles. The van der Waals surface area contributed by atoms with Gasteiger partial charge in [0.1, 0.15) is 11.6 Å². The first-order valence-corrected chi connectivity index (χ1v) is 12.1. The standard InChI is InChI=1S/C28H26FN7/c1-34-19-22(17-32-34)25-15-26-24(6-3-9-30-26)28(33-25)21-7-8-27(31-16-21)36-12-10-35(11-13-36)18-20-4-2-5-23(29)14-20/h2-9,14-17,19H,10-13,18H2,1H3. The number of aryl methyl sites for hydroxylation is 1. The second-order valence-electron chi connectivity index (χ2n) is 9.13. The fourth-order valence-electron chi connectivity index (χ4n) is 4.74. The Balaban J connectivity index is 1.21. The number of rotatable bonds is 5. The molecule has 1 aliphatic heterocycles. The summed E-state index contributed by atoms with van der Waals surface area (Å²) in [6.07, 6.45) is 7.47. The Morgan fingerprint density at radius 2 is 1.78 bits per heavy atom. The van der Waals surface area contributed by atoms with Gasteiger partial charge in [-0.05, 0) is 48.0 Å². The van der Waals surface area contributed by atoms with Crippen molar-refractivity contribution in [1.29, 1.82) is 0 Å². The van der Waals surface area contributed by atoms with E-state index >= 15 is 0 Å². The predicted octanol–water partition coefficient (Wildman–Crippen LogP) is 4.55. The summed E-state index contributed by atoms with van der Waals surface area (Å²) in [4.78, 5) is 19.0. The topological polar surface area (TPSA) is 63.0 Å². The van der Waals surface area contributed by atoms with Crippen LogP contribution >= 0.6 is 0 Å². The predicted molar refractivity (Wildman–Crippen MR) is 139 cm³/mol. The summed E-state index contributed by atoms with van der Waals surface area (Å²) in [6, 6.07) is 17.0. The van der Waals surface area contributed by atoms with E-state index < -0.39 is 0 Å². The van der Waals surface area contributed by atoms with Gasteiger partial charge in [-0.2, -0.15) is 5.10 Å². The van der Waals surface area contributed by atoms with Gasteiger partial charge in [0, 0.05) is 74.9 Å². The zero-order valence-corrected chi connectivity index (χ0v) is 20.0. The first-order valence-electron chi connectivity index (χ1n) is 12.1. The van der Waals surface area contributed by atoms with Crippen molar-refractivity contribution in [2.45, 2.75) is 6.54 Å². The van der Waals surface area contributed by atoms with Gasteiger partial charge in [-0.3, -0.25) is 14.6 Å². The Kier molecular flexibility index (Phi) is 5.87. The summed E-state index contributed by atoms with van der Waals surface area (Å²) >= 11 is 0. The van der Waals surface area contributed by atoms with Gasteiger partial charge in [0.15, 0.2) is 0 Å². The van der Waals surface area contributed by atoms with Crippen LogP contribution in [0.1, 0.15) is 5.56 Å². The zero-order chi connectivity index (χ0) is 24.5. The molecular weight excluding hydrogens is 453 g/mol. The number of fused-ring (bicyclic) bond motifs is 1.